The predicted molar refractivity (Wildman–Crippen MR) is 64.9 cm³/mol. The van der Waals surface area contributed by atoms with E-state index in [1.54, 1.807) is 7.11 Å². The van der Waals surface area contributed by atoms with E-state index in [1.807, 2.05) is 24.3 Å². The molecule has 1 fully saturated rings. The standard InChI is InChI=1S/C13H17NO3/c1-17-8-9-4-2-3-5-11(9)14-12-7-6-10(12)13(15)16/h2-5,10,12,14H,6-8H2,1H3,(H,15,16). The molecule has 0 spiro atoms. The minimum atomic E-state index is -0.710. The van der Waals surface area contributed by atoms with Gasteiger partial charge in [-0.25, -0.2) is 0 Å². The minimum Gasteiger partial charge on any atom is -0.481 e. The molecule has 1 aromatic carbocycles. The summed E-state index contributed by atoms with van der Waals surface area (Å²) in [5.41, 5.74) is 2.04. The Labute approximate surface area is 101 Å². The second-order valence-electron chi connectivity index (χ2n) is 4.36. The third-order valence-electron chi connectivity index (χ3n) is 3.25. The van der Waals surface area contributed by atoms with Crippen molar-refractivity contribution in [2.75, 3.05) is 12.4 Å². The van der Waals surface area contributed by atoms with E-state index >= 15 is 0 Å². The molecule has 1 aromatic rings. The van der Waals surface area contributed by atoms with Crippen LogP contribution in [0, 0.1) is 5.92 Å². The zero-order valence-corrected chi connectivity index (χ0v) is 9.85. The molecule has 2 unspecified atom stereocenters. The minimum absolute atomic E-state index is 0.0468. The average molecular weight is 235 g/mol. The zero-order chi connectivity index (χ0) is 12.3. The zero-order valence-electron chi connectivity index (χ0n) is 9.85. The normalized spacial score (nSPS) is 22.9. The van der Waals surface area contributed by atoms with Crippen LogP contribution in [0.25, 0.3) is 0 Å². The quantitative estimate of drug-likeness (QED) is 0.820. The molecule has 17 heavy (non-hydrogen) atoms. The summed E-state index contributed by atoms with van der Waals surface area (Å²) in [6, 6.07) is 7.89. The molecule has 1 aliphatic carbocycles. The fourth-order valence-corrected chi connectivity index (χ4v) is 2.11. The molecule has 0 heterocycles. The molecular formula is C13H17NO3. The monoisotopic (exact) mass is 235 g/mol. The van der Waals surface area contributed by atoms with E-state index in [4.69, 9.17) is 9.84 Å². The predicted octanol–water partition coefficient (Wildman–Crippen LogP) is 2.11. The van der Waals surface area contributed by atoms with E-state index in [0.717, 1.165) is 24.1 Å². The summed E-state index contributed by atoms with van der Waals surface area (Å²) in [5, 5.41) is 12.3. The molecule has 1 saturated carbocycles. The number of ether oxygens (including phenoxy) is 1. The van der Waals surface area contributed by atoms with Crippen molar-refractivity contribution in [3.8, 4) is 0 Å². The second kappa shape index (κ2) is 5.19. The Hall–Kier alpha value is -1.55. The molecule has 0 saturated heterocycles. The number of carboxylic acids is 1. The van der Waals surface area contributed by atoms with Crippen molar-refractivity contribution >= 4 is 11.7 Å². The number of nitrogens with one attached hydrogen (secondary N) is 1. The van der Waals surface area contributed by atoms with E-state index in [0.29, 0.717) is 6.61 Å². The molecule has 4 heteroatoms. The van der Waals surface area contributed by atoms with Crippen LogP contribution in [0.2, 0.25) is 0 Å². The van der Waals surface area contributed by atoms with Gasteiger partial charge in [-0.05, 0) is 18.9 Å². The Morgan fingerprint density at radius 1 is 1.47 bits per heavy atom. The van der Waals surface area contributed by atoms with Crippen LogP contribution < -0.4 is 5.32 Å². The van der Waals surface area contributed by atoms with Gasteiger partial charge in [0.05, 0.1) is 12.5 Å². The Bertz CT molecular complexity index is 405. The van der Waals surface area contributed by atoms with Crippen molar-refractivity contribution < 1.29 is 14.6 Å². The number of methoxy groups -OCH3 is 1. The Balaban J connectivity index is 2.05. The van der Waals surface area contributed by atoms with Gasteiger partial charge in [-0.15, -0.1) is 0 Å². The van der Waals surface area contributed by atoms with Gasteiger partial charge >= 0.3 is 5.97 Å². The lowest BCUT2D eigenvalue weighted by molar-refractivity contribution is -0.144. The van der Waals surface area contributed by atoms with Crippen molar-refractivity contribution in [1.82, 2.24) is 0 Å². The largest absolute Gasteiger partial charge is 0.481 e. The first-order chi connectivity index (χ1) is 8.22. The molecule has 1 aliphatic rings. The number of carboxylic acid groups (broad SMARTS) is 1. The van der Waals surface area contributed by atoms with Gasteiger partial charge < -0.3 is 15.2 Å². The molecule has 2 atom stereocenters. The first-order valence-corrected chi connectivity index (χ1v) is 5.78. The molecule has 2 rings (SSSR count). The molecule has 0 bridgehead atoms. The number of hydrogen-bond donors (Lipinski definition) is 2. The summed E-state index contributed by atoms with van der Waals surface area (Å²) >= 11 is 0. The van der Waals surface area contributed by atoms with Gasteiger partial charge in [0.2, 0.25) is 0 Å². The van der Waals surface area contributed by atoms with Gasteiger partial charge in [0.1, 0.15) is 0 Å². The fourth-order valence-electron chi connectivity index (χ4n) is 2.11. The number of hydrogen-bond acceptors (Lipinski definition) is 3. The fraction of sp³-hybridized carbons (Fsp3) is 0.462. The summed E-state index contributed by atoms with van der Waals surface area (Å²) in [7, 11) is 1.65. The lowest BCUT2D eigenvalue weighted by Gasteiger charge is -2.35. The average Bonchev–Trinajstić information content (AvgIpc) is 2.26. The molecular weight excluding hydrogens is 218 g/mol. The van der Waals surface area contributed by atoms with E-state index in [2.05, 4.69) is 5.32 Å². The maximum absolute atomic E-state index is 10.9. The lowest BCUT2D eigenvalue weighted by atomic mass is 9.79. The van der Waals surface area contributed by atoms with Crippen molar-refractivity contribution in [3.63, 3.8) is 0 Å². The molecule has 2 N–H and O–H groups in total. The van der Waals surface area contributed by atoms with Gasteiger partial charge in [-0.3, -0.25) is 4.79 Å². The van der Waals surface area contributed by atoms with Gasteiger partial charge in [0.25, 0.3) is 0 Å². The first kappa shape index (κ1) is 11.9. The third-order valence-corrected chi connectivity index (χ3v) is 3.25. The topological polar surface area (TPSA) is 58.6 Å². The van der Waals surface area contributed by atoms with Gasteiger partial charge in [-0.1, -0.05) is 18.2 Å². The maximum atomic E-state index is 10.9. The molecule has 0 radical (unpaired) electrons. The highest BCUT2D eigenvalue weighted by Gasteiger charge is 2.36. The number of rotatable bonds is 5. The number of benzene rings is 1. The van der Waals surface area contributed by atoms with Crippen LogP contribution in [0.4, 0.5) is 5.69 Å². The van der Waals surface area contributed by atoms with Crippen LogP contribution >= 0.6 is 0 Å². The molecule has 0 aliphatic heterocycles. The summed E-state index contributed by atoms with van der Waals surface area (Å²) in [6.45, 7) is 0.535. The molecule has 4 nitrogen and oxygen atoms in total. The Morgan fingerprint density at radius 2 is 2.24 bits per heavy atom. The highest BCUT2D eigenvalue weighted by Crippen LogP contribution is 2.31. The van der Waals surface area contributed by atoms with Gasteiger partial charge in [0, 0.05) is 24.4 Å². The lowest BCUT2D eigenvalue weighted by Crippen LogP contribution is -2.43. The van der Waals surface area contributed by atoms with Crippen LogP contribution in [0.1, 0.15) is 18.4 Å². The van der Waals surface area contributed by atoms with Crippen LogP contribution in [-0.4, -0.2) is 24.2 Å². The van der Waals surface area contributed by atoms with Gasteiger partial charge in [-0.2, -0.15) is 0 Å². The van der Waals surface area contributed by atoms with Crippen molar-refractivity contribution in [2.24, 2.45) is 5.92 Å². The molecule has 0 amide bonds. The third kappa shape index (κ3) is 2.58. The SMILES string of the molecule is COCc1ccccc1NC1CCC1C(=O)O. The van der Waals surface area contributed by atoms with Crippen molar-refractivity contribution in [2.45, 2.75) is 25.5 Å². The first-order valence-electron chi connectivity index (χ1n) is 5.78. The molecule has 92 valence electrons. The summed E-state index contributed by atoms with van der Waals surface area (Å²) in [6.07, 6.45) is 1.68. The molecule has 0 aromatic heterocycles. The van der Waals surface area contributed by atoms with Crippen LogP contribution in [0.5, 0.6) is 0 Å². The summed E-state index contributed by atoms with van der Waals surface area (Å²) in [5.74, 6) is -0.969. The second-order valence-corrected chi connectivity index (χ2v) is 4.36. The number of carbonyl (C=O) groups is 1. The van der Waals surface area contributed by atoms with E-state index in [9.17, 15) is 4.79 Å². The van der Waals surface area contributed by atoms with E-state index in [1.165, 1.54) is 0 Å². The smallest absolute Gasteiger partial charge is 0.308 e. The maximum Gasteiger partial charge on any atom is 0.308 e. The van der Waals surface area contributed by atoms with Crippen molar-refractivity contribution in [3.05, 3.63) is 29.8 Å². The summed E-state index contributed by atoms with van der Waals surface area (Å²) in [4.78, 5) is 10.9. The summed E-state index contributed by atoms with van der Waals surface area (Å²) < 4.78 is 5.12. The van der Waals surface area contributed by atoms with Gasteiger partial charge in [0.15, 0.2) is 0 Å². The highest BCUT2D eigenvalue weighted by molar-refractivity contribution is 5.73. The van der Waals surface area contributed by atoms with E-state index in [-0.39, 0.29) is 12.0 Å². The number of anilines is 1. The van der Waals surface area contributed by atoms with Crippen LogP contribution in [0.3, 0.4) is 0 Å². The highest BCUT2D eigenvalue weighted by atomic mass is 16.5. The van der Waals surface area contributed by atoms with Crippen LogP contribution in [0.15, 0.2) is 24.3 Å². The number of para-hydroxylation sites is 1. The number of aliphatic carboxylic acids is 1. The van der Waals surface area contributed by atoms with Crippen molar-refractivity contribution in [1.29, 1.82) is 0 Å². The Morgan fingerprint density at radius 3 is 2.82 bits per heavy atom. The van der Waals surface area contributed by atoms with Crippen LogP contribution in [-0.2, 0) is 16.1 Å². The Kier molecular flexibility index (Phi) is 3.64. The van der Waals surface area contributed by atoms with E-state index < -0.39 is 5.97 Å².